The lowest BCUT2D eigenvalue weighted by molar-refractivity contribution is 0.634. The molecule has 1 aliphatic rings. The van der Waals surface area contributed by atoms with Crippen molar-refractivity contribution in [2.45, 2.75) is 20.8 Å². The minimum atomic E-state index is 0.626. The minimum Gasteiger partial charge on any atom is -0.353 e. The van der Waals surface area contributed by atoms with E-state index in [4.69, 9.17) is 4.98 Å². The van der Waals surface area contributed by atoms with Gasteiger partial charge in [-0.05, 0) is 44.0 Å². The van der Waals surface area contributed by atoms with E-state index in [2.05, 4.69) is 63.0 Å². The molecule has 1 fully saturated rings. The number of hydrogen-bond acceptors (Lipinski definition) is 7. The number of nitrogens with zero attached hydrogens (tertiary/aromatic N) is 6. The highest BCUT2D eigenvalue weighted by molar-refractivity contribution is 5.64. The van der Waals surface area contributed by atoms with Gasteiger partial charge >= 0.3 is 0 Å². The summed E-state index contributed by atoms with van der Waals surface area (Å²) in [4.78, 5) is 22.3. The number of aromatic nitrogens is 4. The molecule has 1 saturated heterocycles. The fourth-order valence-corrected chi connectivity index (χ4v) is 3.66. The third kappa shape index (κ3) is 3.88. The van der Waals surface area contributed by atoms with Crippen molar-refractivity contribution in [1.29, 1.82) is 0 Å². The molecule has 1 aliphatic heterocycles. The smallest absolute Gasteiger partial charge is 0.229 e. The van der Waals surface area contributed by atoms with Gasteiger partial charge < -0.3 is 15.1 Å². The van der Waals surface area contributed by atoms with Crippen LogP contribution in [0.3, 0.4) is 0 Å². The Morgan fingerprint density at radius 3 is 2.14 bits per heavy atom. The molecule has 2 aromatic heterocycles. The summed E-state index contributed by atoms with van der Waals surface area (Å²) >= 11 is 0. The van der Waals surface area contributed by atoms with Gasteiger partial charge in [0.2, 0.25) is 11.9 Å². The zero-order chi connectivity index (χ0) is 19.5. The highest BCUT2D eigenvalue weighted by Gasteiger charge is 2.20. The molecule has 0 saturated carbocycles. The molecule has 0 atom stereocenters. The highest BCUT2D eigenvalue weighted by atomic mass is 15.3. The third-order valence-electron chi connectivity index (χ3n) is 4.99. The van der Waals surface area contributed by atoms with E-state index in [1.807, 2.05) is 18.3 Å². The monoisotopic (exact) mass is 375 g/mol. The molecular weight excluding hydrogens is 350 g/mol. The Kier molecular flexibility index (Phi) is 5.06. The van der Waals surface area contributed by atoms with Gasteiger partial charge in [-0.2, -0.15) is 4.98 Å². The molecule has 0 bridgehead atoms. The third-order valence-corrected chi connectivity index (χ3v) is 4.99. The molecule has 0 spiro atoms. The van der Waals surface area contributed by atoms with E-state index < -0.39 is 0 Å². The van der Waals surface area contributed by atoms with Crippen LogP contribution in [0.1, 0.15) is 16.7 Å². The lowest BCUT2D eigenvalue weighted by Crippen LogP contribution is -2.47. The van der Waals surface area contributed by atoms with Gasteiger partial charge in [0.1, 0.15) is 5.82 Å². The van der Waals surface area contributed by atoms with Crippen LogP contribution in [-0.2, 0) is 0 Å². The number of rotatable bonds is 4. The second-order valence-corrected chi connectivity index (χ2v) is 7.16. The van der Waals surface area contributed by atoms with Gasteiger partial charge in [-0.1, -0.05) is 17.7 Å². The van der Waals surface area contributed by atoms with Gasteiger partial charge in [-0.15, -0.1) is 0 Å². The Labute approximate surface area is 165 Å². The molecule has 0 aliphatic carbocycles. The average Bonchev–Trinajstić information content (AvgIpc) is 2.72. The van der Waals surface area contributed by atoms with Crippen molar-refractivity contribution in [3.05, 3.63) is 59.5 Å². The second kappa shape index (κ2) is 7.80. The average molecular weight is 375 g/mol. The van der Waals surface area contributed by atoms with Gasteiger partial charge in [-0.25, -0.2) is 15.0 Å². The molecule has 28 heavy (non-hydrogen) atoms. The molecule has 0 unspecified atom stereocenters. The van der Waals surface area contributed by atoms with Crippen LogP contribution in [0.5, 0.6) is 0 Å². The maximum Gasteiger partial charge on any atom is 0.229 e. The van der Waals surface area contributed by atoms with Gasteiger partial charge in [-0.3, -0.25) is 0 Å². The number of benzene rings is 1. The summed E-state index contributed by atoms with van der Waals surface area (Å²) < 4.78 is 0. The van der Waals surface area contributed by atoms with Crippen LogP contribution in [0.2, 0.25) is 0 Å². The van der Waals surface area contributed by atoms with Crippen LogP contribution >= 0.6 is 0 Å². The summed E-state index contributed by atoms with van der Waals surface area (Å²) in [5, 5.41) is 3.40. The Balaban J connectivity index is 1.46. The van der Waals surface area contributed by atoms with Gasteiger partial charge in [0.25, 0.3) is 0 Å². The molecular formula is C21H25N7. The van der Waals surface area contributed by atoms with E-state index in [0.717, 1.165) is 43.6 Å². The molecule has 3 aromatic rings. The Morgan fingerprint density at radius 1 is 0.821 bits per heavy atom. The fourth-order valence-electron chi connectivity index (χ4n) is 3.66. The van der Waals surface area contributed by atoms with E-state index in [1.165, 1.54) is 16.7 Å². The summed E-state index contributed by atoms with van der Waals surface area (Å²) in [5.74, 6) is 2.35. The second-order valence-electron chi connectivity index (χ2n) is 7.16. The van der Waals surface area contributed by atoms with Crippen LogP contribution in [-0.4, -0.2) is 46.1 Å². The first-order chi connectivity index (χ1) is 13.6. The van der Waals surface area contributed by atoms with Crippen LogP contribution in [0.15, 0.2) is 42.9 Å². The highest BCUT2D eigenvalue weighted by Crippen LogP contribution is 2.25. The van der Waals surface area contributed by atoms with Crippen molar-refractivity contribution in [2.75, 3.05) is 41.3 Å². The maximum atomic E-state index is 4.75. The summed E-state index contributed by atoms with van der Waals surface area (Å²) in [7, 11) is 0. The summed E-state index contributed by atoms with van der Waals surface area (Å²) in [6.07, 6.45) is 5.38. The van der Waals surface area contributed by atoms with Crippen LogP contribution in [0.25, 0.3) is 0 Å². The van der Waals surface area contributed by atoms with Crippen LogP contribution in [0.4, 0.5) is 23.4 Å². The fraction of sp³-hybridized carbons (Fsp3) is 0.333. The standard InChI is InChI=1S/C21H25N7/c1-15-13-16(2)19(17(3)14-15)26-20-22-8-5-18(25-20)27-9-11-28(12-10-27)21-23-6-4-7-24-21/h4-8,13-14H,9-12H2,1-3H3,(H,22,25,26). The molecule has 1 N–H and O–H groups in total. The summed E-state index contributed by atoms with van der Waals surface area (Å²) in [5.41, 5.74) is 4.73. The summed E-state index contributed by atoms with van der Waals surface area (Å²) in [6.45, 7) is 9.81. The number of nitrogens with one attached hydrogen (secondary N) is 1. The predicted octanol–water partition coefficient (Wildman–Crippen LogP) is 3.26. The predicted molar refractivity (Wildman–Crippen MR) is 112 cm³/mol. The van der Waals surface area contributed by atoms with Gasteiger partial charge in [0, 0.05) is 50.5 Å². The zero-order valence-corrected chi connectivity index (χ0v) is 16.6. The molecule has 4 rings (SSSR count). The number of aryl methyl sites for hydroxylation is 3. The van der Waals surface area contributed by atoms with E-state index in [1.54, 1.807) is 12.4 Å². The Hall–Kier alpha value is -3.22. The number of piperazine rings is 1. The largest absolute Gasteiger partial charge is 0.353 e. The Bertz CT molecular complexity index is 927. The topological polar surface area (TPSA) is 70.1 Å². The quantitative estimate of drug-likeness (QED) is 0.750. The lowest BCUT2D eigenvalue weighted by Gasteiger charge is -2.35. The number of hydrogen-bond donors (Lipinski definition) is 1. The van der Waals surface area contributed by atoms with Gasteiger partial charge in [0.15, 0.2) is 0 Å². The Morgan fingerprint density at radius 2 is 1.46 bits per heavy atom. The zero-order valence-electron chi connectivity index (χ0n) is 16.6. The van der Waals surface area contributed by atoms with Crippen molar-refractivity contribution in [1.82, 2.24) is 19.9 Å². The molecule has 144 valence electrons. The van der Waals surface area contributed by atoms with Crippen molar-refractivity contribution >= 4 is 23.4 Å². The van der Waals surface area contributed by atoms with Crippen molar-refractivity contribution in [3.8, 4) is 0 Å². The van der Waals surface area contributed by atoms with E-state index >= 15 is 0 Å². The minimum absolute atomic E-state index is 0.626. The van der Waals surface area contributed by atoms with Crippen molar-refractivity contribution in [2.24, 2.45) is 0 Å². The summed E-state index contributed by atoms with van der Waals surface area (Å²) in [6, 6.07) is 8.15. The molecule has 3 heterocycles. The van der Waals surface area contributed by atoms with Crippen LogP contribution < -0.4 is 15.1 Å². The van der Waals surface area contributed by atoms with Crippen molar-refractivity contribution < 1.29 is 0 Å². The molecule has 1 aromatic carbocycles. The van der Waals surface area contributed by atoms with Crippen molar-refractivity contribution in [3.63, 3.8) is 0 Å². The van der Waals surface area contributed by atoms with E-state index in [0.29, 0.717) is 5.95 Å². The molecule has 0 radical (unpaired) electrons. The molecule has 7 nitrogen and oxygen atoms in total. The first kappa shape index (κ1) is 18.2. The first-order valence-corrected chi connectivity index (χ1v) is 9.55. The van der Waals surface area contributed by atoms with E-state index in [9.17, 15) is 0 Å². The SMILES string of the molecule is Cc1cc(C)c(Nc2nccc(N3CCN(c4ncccn4)CC3)n2)c(C)c1. The first-order valence-electron chi connectivity index (χ1n) is 9.55. The lowest BCUT2D eigenvalue weighted by atomic mass is 10.1. The maximum absolute atomic E-state index is 4.75. The number of anilines is 4. The normalized spacial score (nSPS) is 14.2. The van der Waals surface area contributed by atoms with Gasteiger partial charge in [0.05, 0.1) is 0 Å². The molecule has 0 amide bonds. The van der Waals surface area contributed by atoms with E-state index in [-0.39, 0.29) is 0 Å². The molecule has 7 heteroatoms. The van der Waals surface area contributed by atoms with Crippen LogP contribution in [0, 0.1) is 20.8 Å².